The molecular formula is C27H26Cl2N4O2. The van der Waals surface area contributed by atoms with Crippen molar-refractivity contribution in [1.29, 1.82) is 0 Å². The molecule has 0 fully saturated rings. The molecule has 1 atom stereocenters. The predicted molar refractivity (Wildman–Crippen MR) is 143 cm³/mol. The van der Waals surface area contributed by atoms with Crippen LogP contribution in [0.4, 0.5) is 10.5 Å². The highest BCUT2D eigenvalue weighted by Crippen LogP contribution is 2.31. The van der Waals surface area contributed by atoms with E-state index in [1.54, 1.807) is 33.7 Å². The molecule has 180 valence electrons. The average Bonchev–Trinajstić information content (AvgIpc) is 2.85. The predicted octanol–water partition coefficient (Wildman–Crippen LogP) is 7.01. The molecule has 0 saturated heterocycles. The van der Waals surface area contributed by atoms with Crippen LogP contribution in [0.15, 0.2) is 71.5 Å². The molecule has 0 aliphatic rings. The van der Waals surface area contributed by atoms with Crippen molar-refractivity contribution in [3.05, 3.63) is 98.5 Å². The standard InChI is InChI=1S/C27H26Cl2N4O2/c1-4-16-32(27(35)31-23-11-7-9-21(28)24(23)29)18(3)25-30-22-10-6-5-8-20(22)26(34)33(25)19-14-12-17(2)13-15-19/h5-15,18H,4,16H2,1-3H3,(H,31,35). The van der Waals surface area contributed by atoms with E-state index in [2.05, 4.69) is 5.32 Å². The number of hydrogen-bond donors (Lipinski definition) is 1. The summed E-state index contributed by atoms with van der Waals surface area (Å²) in [5, 5.41) is 4.00. The summed E-state index contributed by atoms with van der Waals surface area (Å²) in [6.07, 6.45) is 0.712. The molecule has 0 aliphatic carbocycles. The van der Waals surface area contributed by atoms with E-state index in [0.29, 0.717) is 46.1 Å². The SMILES string of the molecule is CCCN(C(=O)Nc1cccc(Cl)c1Cl)C(C)c1nc2ccccc2c(=O)n1-c1ccc(C)cc1. The minimum Gasteiger partial charge on any atom is -0.315 e. The first-order valence-corrected chi connectivity index (χ1v) is 12.2. The van der Waals surface area contributed by atoms with Crippen LogP contribution in [-0.2, 0) is 0 Å². The van der Waals surface area contributed by atoms with Crippen molar-refractivity contribution in [3.8, 4) is 5.69 Å². The quantitative estimate of drug-likeness (QED) is 0.304. The number of amides is 2. The Bertz CT molecular complexity index is 1430. The maximum Gasteiger partial charge on any atom is 0.322 e. The highest BCUT2D eigenvalue weighted by atomic mass is 35.5. The maximum absolute atomic E-state index is 13.6. The zero-order valence-electron chi connectivity index (χ0n) is 19.8. The van der Waals surface area contributed by atoms with Crippen LogP contribution in [0.5, 0.6) is 0 Å². The molecule has 0 bridgehead atoms. The van der Waals surface area contributed by atoms with Gasteiger partial charge in [-0.25, -0.2) is 9.78 Å². The first kappa shape index (κ1) is 24.8. The van der Waals surface area contributed by atoms with Gasteiger partial charge in [-0.1, -0.05) is 66.0 Å². The van der Waals surface area contributed by atoms with Crippen molar-refractivity contribution < 1.29 is 4.79 Å². The van der Waals surface area contributed by atoms with Crippen molar-refractivity contribution >= 4 is 45.8 Å². The second-order valence-corrected chi connectivity index (χ2v) is 9.15. The first-order chi connectivity index (χ1) is 16.8. The molecule has 1 aromatic heterocycles. The third-order valence-electron chi connectivity index (χ3n) is 5.85. The van der Waals surface area contributed by atoms with Gasteiger partial charge in [0.2, 0.25) is 0 Å². The Kier molecular flexibility index (Phi) is 7.43. The average molecular weight is 509 g/mol. The number of urea groups is 1. The fraction of sp³-hybridized carbons (Fsp3) is 0.222. The van der Waals surface area contributed by atoms with Crippen molar-refractivity contribution in [3.63, 3.8) is 0 Å². The molecule has 8 heteroatoms. The normalized spacial score (nSPS) is 11.9. The van der Waals surface area contributed by atoms with Gasteiger partial charge in [-0.2, -0.15) is 0 Å². The Balaban J connectivity index is 1.82. The fourth-order valence-corrected chi connectivity index (χ4v) is 4.36. The Labute approximate surface area is 214 Å². The Morgan fingerprint density at radius 1 is 1.06 bits per heavy atom. The molecule has 6 nitrogen and oxygen atoms in total. The van der Waals surface area contributed by atoms with Crippen LogP contribution in [0, 0.1) is 6.92 Å². The number of nitrogens with zero attached hydrogens (tertiary/aromatic N) is 3. The van der Waals surface area contributed by atoms with Gasteiger partial charge in [-0.3, -0.25) is 9.36 Å². The lowest BCUT2D eigenvalue weighted by atomic mass is 10.1. The summed E-state index contributed by atoms with van der Waals surface area (Å²) in [4.78, 5) is 33.6. The topological polar surface area (TPSA) is 67.2 Å². The number of aryl methyl sites for hydroxylation is 1. The van der Waals surface area contributed by atoms with Crippen LogP contribution < -0.4 is 10.9 Å². The summed E-state index contributed by atoms with van der Waals surface area (Å²) in [6.45, 7) is 6.29. The van der Waals surface area contributed by atoms with Crippen LogP contribution in [0.3, 0.4) is 0 Å². The summed E-state index contributed by atoms with van der Waals surface area (Å²) in [5.74, 6) is 0.471. The monoisotopic (exact) mass is 508 g/mol. The van der Waals surface area contributed by atoms with Gasteiger partial charge < -0.3 is 10.2 Å². The number of carbonyl (C=O) groups is 1. The van der Waals surface area contributed by atoms with Gasteiger partial charge in [0.1, 0.15) is 5.82 Å². The summed E-state index contributed by atoms with van der Waals surface area (Å²) < 4.78 is 1.59. The molecule has 0 spiro atoms. The van der Waals surface area contributed by atoms with Crippen molar-refractivity contribution in [2.75, 3.05) is 11.9 Å². The number of para-hydroxylation sites is 1. The second kappa shape index (κ2) is 10.5. The van der Waals surface area contributed by atoms with E-state index in [1.165, 1.54) is 0 Å². The molecular weight excluding hydrogens is 483 g/mol. The number of hydrogen-bond acceptors (Lipinski definition) is 3. The van der Waals surface area contributed by atoms with E-state index in [0.717, 1.165) is 5.56 Å². The van der Waals surface area contributed by atoms with Crippen LogP contribution in [0.2, 0.25) is 10.0 Å². The Morgan fingerprint density at radius 3 is 2.49 bits per heavy atom. The Morgan fingerprint density at radius 2 is 1.77 bits per heavy atom. The molecule has 35 heavy (non-hydrogen) atoms. The molecule has 0 saturated carbocycles. The molecule has 0 radical (unpaired) electrons. The largest absolute Gasteiger partial charge is 0.322 e. The fourth-order valence-electron chi connectivity index (χ4n) is 4.01. The molecule has 2 amide bonds. The minimum absolute atomic E-state index is 0.184. The van der Waals surface area contributed by atoms with E-state index in [-0.39, 0.29) is 16.6 Å². The van der Waals surface area contributed by atoms with Crippen molar-refractivity contribution in [2.45, 2.75) is 33.2 Å². The molecule has 1 heterocycles. The highest BCUT2D eigenvalue weighted by Gasteiger charge is 2.27. The van der Waals surface area contributed by atoms with Crippen LogP contribution >= 0.6 is 23.2 Å². The van der Waals surface area contributed by atoms with E-state index in [9.17, 15) is 9.59 Å². The highest BCUT2D eigenvalue weighted by molar-refractivity contribution is 6.43. The maximum atomic E-state index is 13.6. The van der Waals surface area contributed by atoms with Gasteiger partial charge in [0, 0.05) is 6.54 Å². The van der Waals surface area contributed by atoms with Gasteiger partial charge in [-0.15, -0.1) is 0 Å². The summed E-state index contributed by atoms with van der Waals surface area (Å²) in [6, 6.07) is 19.1. The number of carbonyl (C=O) groups excluding carboxylic acids is 1. The van der Waals surface area contributed by atoms with Gasteiger partial charge in [0.05, 0.1) is 38.4 Å². The van der Waals surface area contributed by atoms with Crippen LogP contribution in [0.1, 0.15) is 37.7 Å². The van der Waals surface area contributed by atoms with Gasteiger partial charge in [-0.05, 0) is 56.7 Å². The first-order valence-electron chi connectivity index (χ1n) is 11.4. The van der Waals surface area contributed by atoms with Crippen molar-refractivity contribution in [1.82, 2.24) is 14.5 Å². The van der Waals surface area contributed by atoms with E-state index >= 15 is 0 Å². The lowest BCUT2D eigenvalue weighted by molar-refractivity contribution is 0.189. The third-order valence-corrected chi connectivity index (χ3v) is 6.67. The minimum atomic E-state index is -0.522. The Hall–Kier alpha value is -3.35. The molecule has 1 N–H and O–H groups in total. The summed E-state index contributed by atoms with van der Waals surface area (Å²) in [5.41, 5.74) is 2.58. The molecule has 4 rings (SSSR count). The molecule has 3 aromatic carbocycles. The number of nitrogens with one attached hydrogen (secondary N) is 1. The lowest BCUT2D eigenvalue weighted by Gasteiger charge is -2.30. The van der Waals surface area contributed by atoms with E-state index in [4.69, 9.17) is 28.2 Å². The van der Waals surface area contributed by atoms with Crippen LogP contribution in [0.25, 0.3) is 16.6 Å². The van der Waals surface area contributed by atoms with Crippen molar-refractivity contribution in [2.24, 2.45) is 0 Å². The summed E-state index contributed by atoms with van der Waals surface area (Å²) >= 11 is 12.4. The molecule has 0 aliphatic heterocycles. The number of anilines is 1. The van der Waals surface area contributed by atoms with Crippen LogP contribution in [-0.4, -0.2) is 27.0 Å². The van der Waals surface area contributed by atoms with Gasteiger partial charge in [0.15, 0.2) is 0 Å². The zero-order valence-corrected chi connectivity index (χ0v) is 21.3. The van der Waals surface area contributed by atoms with E-state index in [1.807, 2.05) is 63.2 Å². The number of aromatic nitrogens is 2. The zero-order chi connectivity index (χ0) is 25.1. The van der Waals surface area contributed by atoms with Gasteiger partial charge in [0.25, 0.3) is 5.56 Å². The number of halogens is 2. The number of rotatable bonds is 6. The van der Waals surface area contributed by atoms with Gasteiger partial charge >= 0.3 is 6.03 Å². The van der Waals surface area contributed by atoms with E-state index < -0.39 is 6.04 Å². The molecule has 1 unspecified atom stereocenters. The second-order valence-electron chi connectivity index (χ2n) is 8.36. The number of benzene rings is 3. The molecule has 4 aromatic rings. The lowest BCUT2D eigenvalue weighted by Crippen LogP contribution is -2.40. The smallest absolute Gasteiger partial charge is 0.315 e. The number of fused-ring (bicyclic) bond motifs is 1. The summed E-state index contributed by atoms with van der Waals surface area (Å²) in [7, 11) is 0. The third kappa shape index (κ3) is 5.04.